The summed E-state index contributed by atoms with van der Waals surface area (Å²) >= 11 is 0. The van der Waals surface area contributed by atoms with Crippen molar-refractivity contribution in [2.45, 2.75) is 0 Å². The summed E-state index contributed by atoms with van der Waals surface area (Å²) in [7, 11) is 0. The summed E-state index contributed by atoms with van der Waals surface area (Å²) in [4.78, 5) is 21.2. The molecule has 0 atom stereocenters. The van der Waals surface area contributed by atoms with E-state index < -0.39 is 18.4 Å². The first-order valence-electron chi connectivity index (χ1n) is 4.60. The van der Waals surface area contributed by atoms with Gasteiger partial charge in [-0.25, -0.2) is 0 Å². The molecule has 0 bridgehead atoms. The Bertz CT molecular complexity index is 390. The van der Waals surface area contributed by atoms with E-state index in [0.29, 0.717) is 5.56 Å². The predicted molar refractivity (Wildman–Crippen MR) is 62.7 cm³/mol. The predicted octanol–water partition coefficient (Wildman–Crippen LogP) is -4.64. The van der Waals surface area contributed by atoms with Gasteiger partial charge in [0.25, 0.3) is 5.91 Å². The van der Waals surface area contributed by atoms with Gasteiger partial charge in [-0.15, -0.1) is 0 Å². The number of rotatable bonds is 3. The molecule has 0 aliphatic carbocycles. The molecule has 0 saturated heterocycles. The number of carboxylic acid groups (broad SMARTS) is 1. The number of carbonyl (C=O) groups is 2. The summed E-state index contributed by atoms with van der Waals surface area (Å²) in [6.45, 7) is -0.465. The van der Waals surface area contributed by atoms with Gasteiger partial charge in [-0.05, 0) is 12.1 Å². The zero-order valence-corrected chi connectivity index (χ0v) is 9.55. The lowest BCUT2D eigenvalue weighted by molar-refractivity contribution is -0.303. The molecule has 0 fully saturated rings. The molecule has 8 heteroatoms. The molecule has 8 nitrogen and oxygen atoms in total. The van der Waals surface area contributed by atoms with E-state index in [4.69, 9.17) is 0 Å². The Morgan fingerprint density at radius 3 is 2.06 bits per heavy atom. The molecule has 1 amide bonds. The molecule has 18 heavy (non-hydrogen) atoms. The first kappa shape index (κ1) is 17.8. The fourth-order valence-electron chi connectivity index (χ4n) is 0.844. The molecule has 1 aromatic carbocycles. The quantitative estimate of drug-likeness (QED) is 0.313. The third-order valence-electron chi connectivity index (χ3n) is 1.43. The number of guanidine groups is 1. The molecule has 0 saturated carbocycles. The standard InChI is InChI=1S/C9H9NO3.CH5N3.H2O/c11-8(12)6-10-9(13)7-4-2-1-3-5-7;2-1(3)4;/h1-5H,6H2,(H,10,13)(H,11,12);(H5,2,3,4);1H2. The first-order valence-corrected chi connectivity index (χ1v) is 4.60. The largest absolute Gasteiger partial charge is 0.548 e. The Balaban J connectivity index is 0. The van der Waals surface area contributed by atoms with Gasteiger partial charge in [0.1, 0.15) is 0 Å². The van der Waals surface area contributed by atoms with E-state index >= 15 is 0 Å². The highest BCUT2D eigenvalue weighted by Gasteiger charge is 2.01. The van der Waals surface area contributed by atoms with Crippen molar-refractivity contribution in [3.05, 3.63) is 35.9 Å². The number of hydrogen-bond donors (Lipinski definition) is 4. The lowest BCUT2D eigenvalue weighted by atomic mass is 10.2. The summed E-state index contributed by atoms with van der Waals surface area (Å²) in [5, 5.41) is 16.8. The average Bonchev–Trinajstić information content (AvgIpc) is 2.26. The van der Waals surface area contributed by atoms with Crippen LogP contribution in [0.1, 0.15) is 10.4 Å². The monoisotopic (exact) mass is 256 g/mol. The molecule has 0 spiro atoms. The molecular weight excluding hydrogens is 240 g/mol. The number of carbonyl (C=O) groups excluding carboxylic acids is 2. The Kier molecular flexibility index (Phi) is 9.48. The molecule has 0 aliphatic rings. The van der Waals surface area contributed by atoms with Gasteiger partial charge in [0.2, 0.25) is 0 Å². The van der Waals surface area contributed by atoms with Gasteiger partial charge in [0.05, 0.1) is 12.5 Å². The molecule has 0 heterocycles. The van der Waals surface area contributed by atoms with Gasteiger partial charge < -0.3 is 20.7 Å². The van der Waals surface area contributed by atoms with Crippen LogP contribution in [0.5, 0.6) is 0 Å². The number of nitrogens with one attached hydrogen (secondary N) is 1. The van der Waals surface area contributed by atoms with E-state index in [0.717, 1.165) is 0 Å². The van der Waals surface area contributed by atoms with Crippen molar-refractivity contribution in [1.29, 1.82) is 0 Å². The zero-order chi connectivity index (χ0) is 13.3. The van der Waals surface area contributed by atoms with Crippen molar-refractivity contribution in [2.75, 3.05) is 6.54 Å². The maximum atomic E-state index is 11.1. The Morgan fingerprint density at radius 2 is 1.67 bits per heavy atom. The molecule has 0 aliphatic heterocycles. The first-order chi connectivity index (χ1) is 7.93. The summed E-state index contributed by atoms with van der Waals surface area (Å²) in [5.41, 5.74) is 9.60. The maximum absolute atomic E-state index is 11.1. The number of aliphatic carboxylic acids is 1. The highest BCUT2D eigenvalue weighted by atomic mass is 16.4. The topological polar surface area (TPSA) is 178 Å². The van der Waals surface area contributed by atoms with E-state index in [2.05, 4.69) is 22.2 Å². The van der Waals surface area contributed by atoms with E-state index in [1.165, 1.54) is 0 Å². The Hall–Kier alpha value is -2.61. The minimum atomic E-state index is -1.30. The van der Waals surface area contributed by atoms with E-state index in [9.17, 15) is 14.7 Å². The molecular formula is C10H16N4O4. The minimum absolute atomic E-state index is 0. The van der Waals surface area contributed by atoms with Crippen LogP contribution in [-0.2, 0) is 4.79 Å². The smallest absolute Gasteiger partial charge is 0.336 e. The Morgan fingerprint density at radius 1 is 1.22 bits per heavy atom. The molecule has 0 radical (unpaired) electrons. The van der Waals surface area contributed by atoms with Gasteiger partial charge in [-0.1, -0.05) is 18.2 Å². The number of hydrogen-bond acceptors (Lipinski definition) is 3. The minimum Gasteiger partial charge on any atom is -0.548 e. The van der Waals surface area contributed by atoms with Crippen molar-refractivity contribution in [3.63, 3.8) is 0 Å². The molecule has 0 aromatic heterocycles. The zero-order valence-electron chi connectivity index (χ0n) is 9.55. The third kappa shape index (κ3) is 9.93. The fraction of sp³-hybridized carbons (Fsp3) is 0.100. The molecule has 9 N–H and O–H groups in total. The van der Waals surface area contributed by atoms with Crippen LogP contribution in [0.15, 0.2) is 30.3 Å². The second-order valence-electron chi connectivity index (χ2n) is 2.92. The molecule has 1 aromatic rings. The normalized spacial score (nSPS) is 8.00. The fourth-order valence-corrected chi connectivity index (χ4v) is 0.844. The molecule has 1 rings (SSSR count). The average molecular weight is 256 g/mol. The summed E-state index contributed by atoms with van der Waals surface area (Å²) < 4.78 is 0. The lowest BCUT2D eigenvalue weighted by Gasteiger charge is -2.04. The molecule has 0 unspecified atom stereocenters. The second kappa shape index (κ2) is 9.60. The van der Waals surface area contributed by atoms with Gasteiger partial charge in [-0.2, -0.15) is 0 Å². The van der Waals surface area contributed by atoms with Crippen molar-refractivity contribution in [2.24, 2.45) is 11.5 Å². The number of benzene rings is 1. The van der Waals surface area contributed by atoms with E-state index in [1.807, 2.05) is 0 Å². The Labute approximate surface area is 103 Å². The van der Waals surface area contributed by atoms with Crippen LogP contribution in [0, 0.1) is 0 Å². The van der Waals surface area contributed by atoms with Crippen LogP contribution < -0.4 is 27.3 Å². The van der Waals surface area contributed by atoms with Crippen LogP contribution in [0.3, 0.4) is 0 Å². The number of nitrogens with two attached hydrogens (primary N) is 3. The van der Waals surface area contributed by atoms with Gasteiger partial charge in [-0.3, -0.25) is 21.7 Å². The summed E-state index contributed by atoms with van der Waals surface area (Å²) in [6.07, 6.45) is 0. The van der Waals surface area contributed by atoms with Gasteiger partial charge >= 0.3 is 5.96 Å². The van der Waals surface area contributed by atoms with Crippen molar-refractivity contribution in [1.82, 2.24) is 5.32 Å². The van der Waals surface area contributed by atoms with Crippen LogP contribution in [0.2, 0.25) is 0 Å². The van der Waals surface area contributed by atoms with Crippen molar-refractivity contribution < 1.29 is 25.6 Å². The van der Waals surface area contributed by atoms with Crippen LogP contribution >= 0.6 is 0 Å². The summed E-state index contributed by atoms with van der Waals surface area (Å²) in [6, 6.07) is 8.38. The van der Waals surface area contributed by atoms with Gasteiger partial charge in [0, 0.05) is 5.56 Å². The van der Waals surface area contributed by atoms with Crippen LogP contribution in [-0.4, -0.2) is 29.9 Å². The molecule has 100 valence electrons. The second-order valence-corrected chi connectivity index (χ2v) is 2.92. The lowest BCUT2D eigenvalue weighted by Crippen LogP contribution is -2.51. The highest BCUT2D eigenvalue weighted by Crippen LogP contribution is 1.96. The summed E-state index contributed by atoms with van der Waals surface area (Å²) in [5.74, 6) is -1.80. The SMILES string of the molecule is NC(N)=[NH2+].O.O=C([O-])CNC(=O)c1ccccc1. The number of amides is 1. The van der Waals surface area contributed by atoms with Crippen molar-refractivity contribution >= 4 is 17.8 Å². The highest BCUT2D eigenvalue weighted by molar-refractivity contribution is 5.95. The van der Waals surface area contributed by atoms with Gasteiger partial charge in [0.15, 0.2) is 0 Å². The van der Waals surface area contributed by atoms with Crippen LogP contribution in [0.4, 0.5) is 0 Å². The van der Waals surface area contributed by atoms with E-state index in [-0.39, 0.29) is 11.4 Å². The van der Waals surface area contributed by atoms with Crippen molar-refractivity contribution in [3.8, 4) is 0 Å². The van der Waals surface area contributed by atoms with E-state index in [1.54, 1.807) is 30.3 Å². The maximum Gasteiger partial charge on any atom is 0.336 e. The number of carboxylic acids is 1. The third-order valence-corrected chi connectivity index (χ3v) is 1.43. The van der Waals surface area contributed by atoms with Crippen LogP contribution in [0.25, 0.3) is 0 Å².